The minimum atomic E-state index is -0.405. The molecular weight excluding hydrogens is 277 g/mol. The molecule has 0 fully saturated rings. The third-order valence-corrected chi connectivity index (χ3v) is 3.39. The Labute approximate surface area is 123 Å². The van der Waals surface area contributed by atoms with Crippen LogP contribution in [0.15, 0.2) is 36.7 Å². The fraction of sp³-hybridized carbons (Fsp3) is 0.267. The van der Waals surface area contributed by atoms with Crippen LogP contribution in [0.3, 0.4) is 0 Å². The molecule has 0 aliphatic carbocycles. The summed E-state index contributed by atoms with van der Waals surface area (Å²) in [6, 6.07) is 6.68. The summed E-state index contributed by atoms with van der Waals surface area (Å²) in [6.07, 6.45) is 3.52. The van der Waals surface area contributed by atoms with Crippen LogP contribution in [0, 0.1) is 5.82 Å². The van der Waals surface area contributed by atoms with Gasteiger partial charge in [-0.2, -0.15) is 0 Å². The molecule has 0 aliphatic heterocycles. The molecule has 0 aliphatic rings. The molecule has 0 amide bonds. The van der Waals surface area contributed by atoms with Gasteiger partial charge in [0.2, 0.25) is 0 Å². The first-order valence-electron chi connectivity index (χ1n) is 6.32. The predicted octanol–water partition coefficient (Wildman–Crippen LogP) is 4.11. The fourth-order valence-electron chi connectivity index (χ4n) is 1.99. The van der Waals surface area contributed by atoms with Crippen LogP contribution >= 0.6 is 11.6 Å². The van der Waals surface area contributed by atoms with Crippen molar-refractivity contribution in [2.24, 2.45) is 0 Å². The van der Waals surface area contributed by atoms with E-state index >= 15 is 0 Å². The van der Waals surface area contributed by atoms with Crippen molar-refractivity contribution in [1.29, 1.82) is 0 Å². The first-order chi connectivity index (χ1) is 9.49. The van der Waals surface area contributed by atoms with Crippen molar-refractivity contribution in [2.45, 2.75) is 13.0 Å². The Bertz CT molecular complexity index is 601. The minimum Gasteiger partial charge on any atom is -0.376 e. The average molecular weight is 294 g/mol. The van der Waals surface area contributed by atoms with E-state index in [9.17, 15) is 4.39 Å². The van der Waals surface area contributed by atoms with Crippen molar-refractivity contribution < 1.29 is 4.39 Å². The van der Waals surface area contributed by atoms with Crippen molar-refractivity contribution in [1.82, 2.24) is 4.98 Å². The highest BCUT2D eigenvalue weighted by atomic mass is 35.5. The molecule has 106 valence electrons. The number of aromatic nitrogens is 1. The Kier molecular flexibility index (Phi) is 4.45. The SMILES string of the molecule is CC(Nc1cnccc1N(C)C)c1ccc(F)c(Cl)c1. The van der Waals surface area contributed by atoms with Gasteiger partial charge in [0.25, 0.3) is 0 Å². The summed E-state index contributed by atoms with van der Waals surface area (Å²) < 4.78 is 13.2. The Hall–Kier alpha value is -1.81. The van der Waals surface area contributed by atoms with E-state index in [1.54, 1.807) is 24.5 Å². The molecule has 20 heavy (non-hydrogen) atoms. The van der Waals surface area contributed by atoms with E-state index in [1.165, 1.54) is 6.07 Å². The summed E-state index contributed by atoms with van der Waals surface area (Å²) in [4.78, 5) is 6.14. The maximum atomic E-state index is 13.2. The van der Waals surface area contributed by atoms with Crippen LogP contribution in [0.1, 0.15) is 18.5 Å². The van der Waals surface area contributed by atoms with Gasteiger partial charge in [-0.05, 0) is 30.7 Å². The zero-order chi connectivity index (χ0) is 14.7. The third-order valence-electron chi connectivity index (χ3n) is 3.10. The number of rotatable bonds is 4. The number of anilines is 2. The third kappa shape index (κ3) is 3.20. The van der Waals surface area contributed by atoms with Crippen LogP contribution in [0.5, 0.6) is 0 Å². The van der Waals surface area contributed by atoms with Gasteiger partial charge in [0.1, 0.15) is 5.82 Å². The number of halogens is 2. The van der Waals surface area contributed by atoms with E-state index in [0.717, 1.165) is 16.9 Å². The lowest BCUT2D eigenvalue weighted by Gasteiger charge is -2.21. The first kappa shape index (κ1) is 14.6. The molecule has 1 N–H and O–H groups in total. The van der Waals surface area contributed by atoms with Gasteiger partial charge in [0, 0.05) is 26.3 Å². The zero-order valence-corrected chi connectivity index (χ0v) is 12.4. The monoisotopic (exact) mass is 293 g/mol. The Balaban J connectivity index is 2.23. The van der Waals surface area contributed by atoms with Gasteiger partial charge in [-0.15, -0.1) is 0 Å². The number of hydrogen-bond donors (Lipinski definition) is 1. The summed E-state index contributed by atoms with van der Waals surface area (Å²) >= 11 is 5.82. The highest BCUT2D eigenvalue weighted by Gasteiger charge is 2.11. The van der Waals surface area contributed by atoms with Crippen LogP contribution in [-0.2, 0) is 0 Å². The Morgan fingerprint density at radius 3 is 2.70 bits per heavy atom. The highest BCUT2D eigenvalue weighted by Crippen LogP contribution is 2.28. The second-order valence-corrected chi connectivity index (χ2v) is 5.23. The van der Waals surface area contributed by atoms with Gasteiger partial charge >= 0.3 is 0 Å². The minimum absolute atomic E-state index is 0.00370. The molecule has 1 atom stereocenters. The standard InChI is InChI=1S/C15H17ClFN3/c1-10(11-4-5-13(17)12(16)8-11)19-14-9-18-7-6-15(14)20(2)3/h4-10,19H,1-3H3. The van der Waals surface area contributed by atoms with Gasteiger partial charge < -0.3 is 10.2 Å². The Morgan fingerprint density at radius 1 is 1.30 bits per heavy atom. The van der Waals surface area contributed by atoms with Gasteiger partial charge in [-0.1, -0.05) is 17.7 Å². The maximum Gasteiger partial charge on any atom is 0.141 e. The van der Waals surface area contributed by atoms with Crippen LogP contribution in [-0.4, -0.2) is 19.1 Å². The molecular formula is C15H17ClFN3. The number of hydrogen-bond acceptors (Lipinski definition) is 3. The predicted molar refractivity (Wildman–Crippen MR) is 82.0 cm³/mol. The zero-order valence-electron chi connectivity index (χ0n) is 11.7. The number of nitrogens with zero attached hydrogens (tertiary/aromatic N) is 2. The molecule has 1 aromatic heterocycles. The number of nitrogens with one attached hydrogen (secondary N) is 1. The maximum absolute atomic E-state index is 13.2. The van der Waals surface area contributed by atoms with Crippen molar-refractivity contribution in [3.63, 3.8) is 0 Å². The molecule has 2 aromatic rings. The van der Waals surface area contributed by atoms with E-state index < -0.39 is 5.82 Å². The first-order valence-corrected chi connectivity index (χ1v) is 6.69. The number of pyridine rings is 1. The summed E-state index contributed by atoms with van der Waals surface area (Å²) in [7, 11) is 3.94. The van der Waals surface area contributed by atoms with Crippen LogP contribution in [0.4, 0.5) is 15.8 Å². The molecule has 5 heteroatoms. The van der Waals surface area contributed by atoms with Crippen LogP contribution in [0.2, 0.25) is 5.02 Å². The summed E-state index contributed by atoms with van der Waals surface area (Å²) in [5.74, 6) is -0.405. The van der Waals surface area contributed by atoms with Gasteiger partial charge in [0.05, 0.1) is 22.6 Å². The molecule has 0 saturated heterocycles. The molecule has 3 nitrogen and oxygen atoms in total. The highest BCUT2D eigenvalue weighted by molar-refractivity contribution is 6.30. The molecule has 1 heterocycles. The molecule has 2 rings (SSSR count). The molecule has 0 bridgehead atoms. The Morgan fingerprint density at radius 2 is 2.05 bits per heavy atom. The molecule has 0 spiro atoms. The van der Waals surface area contributed by atoms with E-state index in [1.807, 2.05) is 32.0 Å². The van der Waals surface area contributed by atoms with E-state index in [4.69, 9.17) is 11.6 Å². The lowest BCUT2D eigenvalue weighted by atomic mass is 10.1. The molecule has 1 unspecified atom stereocenters. The lowest BCUT2D eigenvalue weighted by Crippen LogP contribution is -2.14. The molecule has 0 saturated carbocycles. The molecule has 1 aromatic carbocycles. The van der Waals surface area contributed by atoms with Crippen LogP contribution < -0.4 is 10.2 Å². The van der Waals surface area contributed by atoms with Crippen LogP contribution in [0.25, 0.3) is 0 Å². The van der Waals surface area contributed by atoms with Gasteiger partial charge in [-0.3, -0.25) is 4.98 Å². The average Bonchev–Trinajstić information content (AvgIpc) is 2.42. The second-order valence-electron chi connectivity index (χ2n) is 4.83. The number of benzene rings is 1. The van der Waals surface area contributed by atoms with Crippen molar-refractivity contribution >= 4 is 23.0 Å². The molecule has 0 radical (unpaired) electrons. The topological polar surface area (TPSA) is 28.2 Å². The van der Waals surface area contributed by atoms with Gasteiger partial charge in [0.15, 0.2) is 0 Å². The van der Waals surface area contributed by atoms with E-state index in [0.29, 0.717) is 0 Å². The second kappa shape index (κ2) is 6.09. The van der Waals surface area contributed by atoms with E-state index in [-0.39, 0.29) is 11.1 Å². The largest absolute Gasteiger partial charge is 0.376 e. The van der Waals surface area contributed by atoms with Gasteiger partial charge in [-0.25, -0.2) is 4.39 Å². The smallest absolute Gasteiger partial charge is 0.141 e. The van der Waals surface area contributed by atoms with Crippen molar-refractivity contribution in [3.05, 3.63) is 53.1 Å². The lowest BCUT2D eigenvalue weighted by molar-refractivity contribution is 0.627. The van der Waals surface area contributed by atoms with Crippen molar-refractivity contribution in [3.8, 4) is 0 Å². The quantitative estimate of drug-likeness (QED) is 0.919. The summed E-state index contributed by atoms with van der Waals surface area (Å²) in [6.45, 7) is 2.00. The van der Waals surface area contributed by atoms with Crippen molar-refractivity contribution in [2.75, 3.05) is 24.3 Å². The normalized spacial score (nSPS) is 12.1. The summed E-state index contributed by atoms with van der Waals surface area (Å²) in [5, 5.41) is 3.50. The van der Waals surface area contributed by atoms with E-state index in [2.05, 4.69) is 10.3 Å². The summed E-state index contributed by atoms with van der Waals surface area (Å²) in [5.41, 5.74) is 2.88. The fourth-order valence-corrected chi connectivity index (χ4v) is 2.18.